The molecule has 11 nitrogen and oxygen atoms in total. The van der Waals surface area contributed by atoms with Crippen molar-refractivity contribution in [1.82, 2.24) is 19.5 Å². The highest BCUT2D eigenvalue weighted by molar-refractivity contribution is 7.92. The molecule has 3 aromatic rings. The van der Waals surface area contributed by atoms with E-state index in [2.05, 4.69) is 49.6 Å². The lowest BCUT2D eigenvalue weighted by atomic mass is 9.98. The number of sulfonamides is 1. The number of hydrogen-bond donors (Lipinski definition) is 1. The first-order valence-electron chi connectivity index (χ1n) is 15.2. The Balaban J connectivity index is 1.43. The lowest BCUT2D eigenvalue weighted by Gasteiger charge is -2.38. The second-order valence-corrected chi connectivity index (χ2v) is 20.7. The largest absolute Gasteiger partial charge is 0.411 e. The van der Waals surface area contributed by atoms with Crippen molar-refractivity contribution < 1.29 is 17.6 Å². The first kappa shape index (κ1) is 33.2. The summed E-state index contributed by atoms with van der Waals surface area (Å²) in [6.07, 6.45) is 5.24. The van der Waals surface area contributed by atoms with Crippen molar-refractivity contribution >= 4 is 53.0 Å². The molecule has 14 heteroatoms. The molecule has 1 unspecified atom stereocenters. The molecule has 0 bridgehead atoms. The van der Waals surface area contributed by atoms with E-state index < -0.39 is 18.3 Å². The first-order chi connectivity index (χ1) is 21.0. The Morgan fingerprint density at radius 1 is 1.20 bits per heavy atom. The minimum Gasteiger partial charge on any atom is -0.411 e. The third kappa shape index (κ3) is 6.99. The van der Waals surface area contributed by atoms with Gasteiger partial charge in [0.1, 0.15) is 5.82 Å². The zero-order chi connectivity index (χ0) is 32.9. The lowest BCUT2D eigenvalue weighted by molar-refractivity contribution is 0.0607. The predicted molar refractivity (Wildman–Crippen MR) is 179 cm³/mol. The van der Waals surface area contributed by atoms with E-state index in [1.807, 2.05) is 19.2 Å². The molecule has 1 N–H and O–H groups in total. The zero-order valence-electron chi connectivity index (χ0n) is 27.0. The average Bonchev–Trinajstić information content (AvgIpc) is 3.54. The normalized spacial score (nSPS) is 21.3. The molecule has 5 rings (SSSR count). The van der Waals surface area contributed by atoms with Crippen molar-refractivity contribution in [2.75, 3.05) is 35.5 Å². The lowest BCUT2D eigenvalue weighted by Crippen LogP contribution is -2.45. The third-order valence-electron chi connectivity index (χ3n) is 9.22. The van der Waals surface area contributed by atoms with Crippen LogP contribution in [0.4, 0.5) is 11.5 Å². The smallest absolute Gasteiger partial charge is 0.256 e. The Morgan fingerprint density at radius 2 is 1.93 bits per heavy atom. The molecule has 2 aliphatic rings. The number of hydrogen-bond acceptors (Lipinski definition) is 8. The molecular weight excluding hydrogens is 630 g/mol. The highest BCUT2D eigenvalue weighted by Crippen LogP contribution is 2.40. The number of piperidine rings is 1. The number of aryl methyl sites for hydroxylation is 1. The second kappa shape index (κ2) is 12.2. The number of benzene rings is 1. The number of fused-ring (bicyclic) bond motifs is 1. The Labute approximate surface area is 271 Å². The van der Waals surface area contributed by atoms with Crippen LogP contribution in [-0.4, -0.2) is 74.1 Å². The number of likely N-dealkylation sites (tertiary alicyclic amines) is 1. The maximum Gasteiger partial charge on any atom is 0.256 e. The van der Waals surface area contributed by atoms with Gasteiger partial charge in [-0.05, 0) is 62.5 Å². The van der Waals surface area contributed by atoms with Gasteiger partial charge in [0.2, 0.25) is 10.0 Å². The Hall–Kier alpha value is -3.18. The summed E-state index contributed by atoms with van der Waals surface area (Å²) in [6.45, 7) is 14.6. The fourth-order valence-corrected chi connectivity index (χ4v) is 7.97. The summed E-state index contributed by atoms with van der Waals surface area (Å²) in [6, 6.07) is 8.61. The Morgan fingerprint density at radius 3 is 2.60 bits per heavy atom. The van der Waals surface area contributed by atoms with Gasteiger partial charge in [0.05, 0.1) is 47.3 Å². The van der Waals surface area contributed by atoms with E-state index in [0.29, 0.717) is 42.4 Å². The molecule has 0 saturated carbocycles. The number of halogens is 1. The summed E-state index contributed by atoms with van der Waals surface area (Å²) in [4.78, 5) is 22.8. The van der Waals surface area contributed by atoms with Crippen LogP contribution in [0.3, 0.4) is 0 Å². The van der Waals surface area contributed by atoms with Crippen LogP contribution in [0.1, 0.15) is 67.7 Å². The quantitative estimate of drug-likeness (QED) is 0.313. The molecule has 0 radical (unpaired) electrons. The van der Waals surface area contributed by atoms with Gasteiger partial charge in [-0.3, -0.25) is 9.52 Å². The SMILES string of the molecule is Cc1cn2nc([C@@H]3CCCCN3C(=O)c3cc(Cl)ccc3NS(C)(=O)=O)cc2nc1N1CC(C#N)[C@H](O[Si](C)(C)C(C)(C)C)C1. The summed E-state index contributed by atoms with van der Waals surface area (Å²) < 4.78 is 34.9. The summed E-state index contributed by atoms with van der Waals surface area (Å²) >= 11 is 6.24. The minimum atomic E-state index is -3.62. The van der Waals surface area contributed by atoms with Crippen LogP contribution in [0.25, 0.3) is 5.65 Å². The van der Waals surface area contributed by atoms with E-state index >= 15 is 0 Å². The van der Waals surface area contributed by atoms with Crippen molar-refractivity contribution in [3.05, 3.63) is 52.3 Å². The molecule has 0 spiro atoms. The summed E-state index contributed by atoms with van der Waals surface area (Å²) in [5, 5.41) is 15.2. The number of carbonyl (C=O) groups is 1. The van der Waals surface area contributed by atoms with Gasteiger partial charge in [-0.1, -0.05) is 32.4 Å². The van der Waals surface area contributed by atoms with E-state index in [-0.39, 0.29) is 40.3 Å². The van der Waals surface area contributed by atoms with Gasteiger partial charge in [-0.15, -0.1) is 0 Å². The van der Waals surface area contributed by atoms with Crippen LogP contribution in [0.2, 0.25) is 23.2 Å². The number of aromatic nitrogens is 3. The molecule has 3 atom stereocenters. The highest BCUT2D eigenvalue weighted by atomic mass is 35.5. The fraction of sp³-hybridized carbons (Fsp3) is 0.548. The Kier molecular flexibility index (Phi) is 9.00. The van der Waals surface area contributed by atoms with E-state index in [4.69, 9.17) is 26.1 Å². The highest BCUT2D eigenvalue weighted by Gasteiger charge is 2.44. The van der Waals surface area contributed by atoms with Crippen LogP contribution in [-0.2, 0) is 14.4 Å². The third-order valence-corrected chi connectivity index (χ3v) is 14.6. The molecule has 0 aliphatic carbocycles. The van der Waals surface area contributed by atoms with E-state index in [1.165, 1.54) is 12.1 Å². The topological polar surface area (TPSA) is 133 Å². The molecule has 45 heavy (non-hydrogen) atoms. The maximum atomic E-state index is 13.9. The van der Waals surface area contributed by atoms with E-state index in [1.54, 1.807) is 15.5 Å². The van der Waals surface area contributed by atoms with Gasteiger partial charge >= 0.3 is 0 Å². The van der Waals surface area contributed by atoms with Crippen molar-refractivity contribution in [2.24, 2.45) is 5.92 Å². The molecular formula is C31H42ClN7O4SSi. The van der Waals surface area contributed by atoms with Crippen LogP contribution < -0.4 is 9.62 Å². The summed E-state index contributed by atoms with van der Waals surface area (Å²) in [5.74, 6) is 0.220. The molecule has 2 saturated heterocycles. The number of rotatable bonds is 7. The second-order valence-electron chi connectivity index (χ2n) is 13.8. The number of nitriles is 1. The van der Waals surface area contributed by atoms with Crippen LogP contribution in [0, 0.1) is 24.2 Å². The van der Waals surface area contributed by atoms with Crippen LogP contribution in [0.5, 0.6) is 0 Å². The van der Waals surface area contributed by atoms with Crippen LogP contribution in [0.15, 0.2) is 30.5 Å². The number of carbonyl (C=O) groups excluding carboxylic acids is 1. The molecule has 2 aromatic heterocycles. The summed E-state index contributed by atoms with van der Waals surface area (Å²) in [5.41, 5.74) is 2.66. The van der Waals surface area contributed by atoms with Crippen molar-refractivity contribution in [3.63, 3.8) is 0 Å². The summed E-state index contributed by atoms with van der Waals surface area (Å²) in [7, 11) is -5.69. The van der Waals surface area contributed by atoms with E-state index in [0.717, 1.165) is 30.5 Å². The number of nitrogens with zero attached hydrogens (tertiary/aromatic N) is 6. The molecule has 1 amide bonds. The van der Waals surface area contributed by atoms with Gasteiger partial charge in [-0.2, -0.15) is 10.4 Å². The number of amides is 1. The molecule has 2 fully saturated rings. The first-order valence-corrected chi connectivity index (χ1v) is 20.4. The minimum absolute atomic E-state index is 0.0362. The van der Waals surface area contributed by atoms with Gasteiger partial charge < -0.3 is 14.2 Å². The molecule has 1 aromatic carbocycles. The average molecular weight is 672 g/mol. The number of anilines is 2. The van der Waals surface area contributed by atoms with Gasteiger partial charge in [0.25, 0.3) is 5.91 Å². The van der Waals surface area contributed by atoms with Crippen LogP contribution >= 0.6 is 11.6 Å². The molecule has 4 heterocycles. The van der Waals surface area contributed by atoms with Gasteiger partial charge in [0.15, 0.2) is 14.0 Å². The van der Waals surface area contributed by atoms with Gasteiger partial charge in [0, 0.05) is 42.5 Å². The van der Waals surface area contributed by atoms with Crippen molar-refractivity contribution in [2.45, 2.75) is 77.2 Å². The maximum absolute atomic E-state index is 13.9. The fourth-order valence-electron chi connectivity index (χ4n) is 5.87. The van der Waals surface area contributed by atoms with Crippen molar-refractivity contribution in [3.8, 4) is 6.07 Å². The monoisotopic (exact) mass is 671 g/mol. The predicted octanol–water partition coefficient (Wildman–Crippen LogP) is 5.78. The number of nitrogens with one attached hydrogen (secondary N) is 1. The van der Waals surface area contributed by atoms with Gasteiger partial charge in [-0.25, -0.2) is 17.9 Å². The van der Waals surface area contributed by atoms with Crippen molar-refractivity contribution in [1.29, 1.82) is 5.26 Å². The standard InChI is InChI=1S/C31H42ClN7O4SSi/c1-20-17-39-28(34-29(20)37-18-21(16-33)27(19-37)43-45(6,7)31(2,3)4)15-25(35-39)26-10-8-9-13-38(26)30(40)23-14-22(32)11-12-24(23)36-44(5,41)42/h11-12,14-15,17,21,26-27,36H,8-10,13,18-19H2,1-7H3/t21?,26-,27+/m0/s1. The Bertz CT molecular complexity index is 1770. The molecule has 2 aliphatic heterocycles. The molecule has 242 valence electrons. The zero-order valence-corrected chi connectivity index (χ0v) is 29.5. The van der Waals surface area contributed by atoms with E-state index in [9.17, 15) is 18.5 Å².